The van der Waals surface area contributed by atoms with Gasteiger partial charge in [0.2, 0.25) is 11.8 Å². The second-order valence-corrected chi connectivity index (χ2v) is 5.19. The summed E-state index contributed by atoms with van der Waals surface area (Å²) in [5.74, 6) is 0.288. The zero-order valence-electron chi connectivity index (χ0n) is 11.7. The Hall–Kier alpha value is -1.14. The lowest BCUT2D eigenvalue weighted by Gasteiger charge is -2.29. The molecule has 0 spiro atoms. The fourth-order valence-corrected chi connectivity index (χ4v) is 2.87. The molecule has 2 fully saturated rings. The van der Waals surface area contributed by atoms with Crippen LogP contribution < -0.4 is 10.6 Å². The number of nitrogens with zero attached hydrogens (tertiary/aromatic N) is 2. The fourth-order valence-electron chi connectivity index (χ4n) is 2.87. The Morgan fingerprint density at radius 2 is 2.00 bits per heavy atom. The van der Waals surface area contributed by atoms with Crippen LogP contribution in [0.4, 0.5) is 0 Å². The molecule has 0 aromatic heterocycles. The fraction of sp³-hybridized carbons (Fsp3) is 0.846. The normalized spacial score (nSPS) is 24.5. The number of hydrogen-bond donors (Lipinski definition) is 2. The molecule has 2 saturated heterocycles. The smallest absolute Gasteiger partial charge is 0.237 e. The van der Waals surface area contributed by atoms with Crippen molar-refractivity contribution in [2.75, 3.05) is 46.3 Å². The Balaban J connectivity index is 1.77. The lowest BCUT2D eigenvalue weighted by molar-refractivity contribution is -0.133. The van der Waals surface area contributed by atoms with Crippen molar-refractivity contribution in [2.45, 2.75) is 25.3 Å². The van der Waals surface area contributed by atoms with Crippen molar-refractivity contribution in [1.29, 1.82) is 0 Å². The third-order valence-corrected chi connectivity index (χ3v) is 4.00. The first-order valence-corrected chi connectivity index (χ1v) is 7.16. The average molecular weight is 268 g/mol. The minimum Gasteiger partial charge on any atom is -0.358 e. The molecule has 2 aliphatic rings. The number of carbonyl (C=O) groups is 2. The Bertz CT molecular complexity index is 329. The largest absolute Gasteiger partial charge is 0.358 e. The second-order valence-electron chi connectivity index (χ2n) is 5.19. The van der Waals surface area contributed by atoms with Crippen molar-refractivity contribution in [3.05, 3.63) is 0 Å². The molecule has 2 amide bonds. The van der Waals surface area contributed by atoms with Gasteiger partial charge in [0.25, 0.3) is 0 Å². The molecule has 6 heteroatoms. The van der Waals surface area contributed by atoms with E-state index < -0.39 is 0 Å². The van der Waals surface area contributed by atoms with Gasteiger partial charge in [0.05, 0.1) is 6.04 Å². The lowest BCUT2D eigenvalue weighted by atomic mass is 10.2. The van der Waals surface area contributed by atoms with Gasteiger partial charge in [-0.15, -0.1) is 0 Å². The summed E-state index contributed by atoms with van der Waals surface area (Å²) in [6.45, 7) is 5.00. The molecule has 1 unspecified atom stereocenters. The Morgan fingerprint density at radius 1 is 1.26 bits per heavy atom. The Kier molecular flexibility index (Phi) is 5.15. The number of nitrogens with one attached hydrogen (secondary N) is 2. The summed E-state index contributed by atoms with van der Waals surface area (Å²) < 4.78 is 0. The Morgan fingerprint density at radius 3 is 2.68 bits per heavy atom. The van der Waals surface area contributed by atoms with Gasteiger partial charge in [-0.3, -0.25) is 14.5 Å². The van der Waals surface area contributed by atoms with Crippen molar-refractivity contribution in [2.24, 2.45) is 0 Å². The van der Waals surface area contributed by atoms with Crippen molar-refractivity contribution >= 4 is 11.8 Å². The summed E-state index contributed by atoms with van der Waals surface area (Å²) in [4.78, 5) is 27.8. The molecule has 0 aromatic rings. The van der Waals surface area contributed by atoms with Crippen LogP contribution >= 0.6 is 0 Å². The highest BCUT2D eigenvalue weighted by Gasteiger charge is 2.30. The first kappa shape index (κ1) is 14.3. The van der Waals surface area contributed by atoms with E-state index in [0.717, 1.165) is 45.6 Å². The van der Waals surface area contributed by atoms with Gasteiger partial charge in [-0.05, 0) is 19.4 Å². The molecule has 2 rings (SSSR count). The first-order valence-electron chi connectivity index (χ1n) is 7.16. The zero-order valence-corrected chi connectivity index (χ0v) is 11.7. The number of likely N-dealkylation sites (tertiary alicyclic amines) is 1. The van der Waals surface area contributed by atoms with Crippen molar-refractivity contribution in [3.63, 3.8) is 0 Å². The molecule has 0 radical (unpaired) electrons. The summed E-state index contributed by atoms with van der Waals surface area (Å²) >= 11 is 0. The molecular weight excluding hydrogens is 244 g/mol. The number of hydrogen-bond acceptors (Lipinski definition) is 4. The van der Waals surface area contributed by atoms with E-state index in [9.17, 15) is 9.59 Å². The highest BCUT2D eigenvalue weighted by Crippen LogP contribution is 2.17. The van der Waals surface area contributed by atoms with Crippen LogP contribution in [0, 0.1) is 0 Å². The van der Waals surface area contributed by atoms with Crippen LogP contribution in [-0.4, -0.2) is 74.0 Å². The summed E-state index contributed by atoms with van der Waals surface area (Å²) in [6.07, 6.45) is 2.47. The van der Waals surface area contributed by atoms with Gasteiger partial charge in [-0.1, -0.05) is 0 Å². The molecule has 2 N–H and O–H groups in total. The zero-order chi connectivity index (χ0) is 13.7. The summed E-state index contributed by atoms with van der Waals surface area (Å²) in [5, 5.41) is 5.94. The predicted molar refractivity (Wildman–Crippen MR) is 72.7 cm³/mol. The van der Waals surface area contributed by atoms with Crippen LogP contribution in [0.2, 0.25) is 0 Å². The molecule has 0 bridgehead atoms. The molecule has 1 atom stereocenters. The van der Waals surface area contributed by atoms with Gasteiger partial charge in [-0.25, -0.2) is 0 Å². The maximum absolute atomic E-state index is 12.1. The van der Waals surface area contributed by atoms with Crippen LogP contribution in [-0.2, 0) is 9.59 Å². The maximum atomic E-state index is 12.1. The van der Waals surface area contributed by atoms with E-state index >= 15 is 0 Å². The number of amides is 2. The van der Waals surface area contributed by atoms with Gasteiger partial charge in [0, 0.05) is 46.2 Å². The van der Waals surface area contributed by atoms with E-state index in [1.807, 2.05) is 4.90 Å². The SMILES string of the molecule is CNC(=O)C1CCCN1CCC(=O)N1CCNCC1. The minimum atomic E-state index is -0.0409. The topological polar surface area (TPSA) is 64.7 Å². The summed E-state index contributed by atoms with van der Waals surface area (Å²) in [5.41, 5.74) is 0. The first-order chi connectivity index (χ1) is 9.22. The maximum Gasteiger partial charge on any atom is 0.237 e. The van der Waals surface area contributed by atoms with Crippen LogP contribution in [0.5, 0.6) is 0 Å². The molecule has 2 aliphatic heterocycles. The van der Waals surface area contributed by atoms with Gasteiger partial charge < -0.3 is 15.5 Å². The summed E-state index contributed by atoms with van der Waals surface area (Å²) in [7, 11) is 1.67. The number of carbonyl (C=O) groups excluding carboxylic acids is 2. The molecular formula is C13H24N4O2. The molecule has 0 saturated carbocycles. The third-order valence-electron chi connectivity index (χ3n) is 4.00. The average Bonchev–Trinajstić information content (AvgIpc) is 2.93. The van der Waals surface area contributed by atoms with Crippen molar-refractivity contribution < 1.29 is 9.59 Å². The quantitative estimate of drug-likeness (QED) is 0.688. The van der Waals surface area contributed by atoms with Crippen molar-refractivity contribution in [1.82, 2.24) is 20.4 Å². The van der Waals surface area contributed by atoms with Crippen LogP contribution in [0.3, 0.4) is 0 Å². The van der Waals surface area contributed by atoms with Gasteiger partial charge in [0.1, 0.15) is 0 Å². The number of piperazine rings is 1. The highest BCUT2D eigenvalue weighted by molar-refractivity contribution is 5.82. The van der Waals surface area contributed by atoms with E-state index in [0.29, 0.717) is 13.0 Å². The molecule has 19 heavy (non-hydrogen) atoms. The van der Waals surface area contributed by atoms with E-state index in [1.54, 1.807) is 7.05 Å². The van der Waals surface area contributed by atoms with E-state index in [1.165, 1.54) is 0 Å². The molecule has 108 valence electrons. The van der Waals surface area contributed by atoms with Crippen molar-refractivity contribution in [3.8, 4) is 0 Å². The van der Waals surface area contributed by atoms with E-state index in [4.69, 9.17) is 0 Å². The third kappa shape index (κ3) is 3.67. The van der Waals surface area contributed by atoms with Crippen LogP contribution in [0.25, 0.3) is 0 Å². The van der Waals surface area contributed by atoms with Crippen LogP contribution in [0.15, 0.2) is 0 Å². The second kappa shape index (κ2) is 6.86. The standard InChI is InChI=1S/C13H24N4O2/c1-14-13(19)11-3-2-7-16(11)8-4-12(18)17-9-5-15-6-10-17/h11,15H,2-10H2,1H3,(H,14,19). The molecule has 2 heterocycles. The minimum absolute atomic E-state index is 0.0409. The number of rotatable bonds is 4. The van der Waals surface area contributed by atoms with Gasteiger partial charge >= 0.3 is 0 Å². The van der Waals surface area contributed by atoms with Gasteiger partial charge in [-0.2, -0.15) is 0 Å². The van der Waals surface area contributed by atoms with E-state index in [-0.39, 0.29) is 17.9 Å². The predicted octanol–water partition coefficient (Wildman–Crippen LogP) is -0.981. The van der Waals surface area contributed by atoms with E-state index in [2.05, 4.69) is 15.5 Å². The summed E-state index contributed by atoms with van der Waals surface area (Å²) in [6, 6.07) is -0.0409. The highest BCUT2D eigenvalue weighted by atomic mass is 16.2. The van der Waals surface area contributed by atoms with Crippen LogP contribution in [0.1, 0.15) is 19.3 Å². The molecule has 0 aliphatic carbocycles. The number of likely N-dealkylation sites (N-methyl/N-ethyl adjacent to an activating group) is 1. The molecule has 6 nitrogen and oxygen atoms in total. The Labute approximate surface area is 114 Å². The monoisotopic (exact) mass is 268 g/mol. The molecule has 0 aromatic carbocycles. The lowest BCUT2D eigenvalue weighted by Crippen LogP contribution is -2.48. The van der Waals surface area contributed by atoms with Gasteiger partial charge in [0.15, 0.2) is 0 Å².